The van der Waals surface area contributed by atoms with Crippen LogP contribution in [0.4, 0.5) is 5.82 Å². The van der Waals surface area contributed by atoms with Gasteiger partial charge in [-0.3, -0.25) is 9.78 Å². The number of aryl methyl sites for hydroxylation is 1. The lowest BCUT2D eigenvalue weighted by Gasteiger charge is -2.14. The third-order valence-electron chi connectivity index (χ3n) is 4.64. The number of carbonyl (C=O) groups is 1. The summed E-state index contributed by atoms with van der Waals surface area (Å²) in [6.07, 6.45) is 1.29. The number of nitrogen functional groups attached to an aromatic ring is 1. The van der Waals surface area contributed by atoms with E-state index in [2.05, 4.69) is 40.4 Å². The molecule has 6 nitrogen and oxygen atoms in total. The number of aromatic nitrogens is 3. The Morgan fingerprint density at radius 3 is 2.62 bits per heavy atom. The van der Waals surface area contributed by atoms with Crippen LogP contribution in [-0.4, -0.2) is 20.9 Å². The average molecular weight is 404 g/mol. The number of anilines is 1. The van der Waals surface area contributed by atoms with Crippen LogP contribution in [-0.2, 0) is 6.54 Å². The summed E-state index contributed by atoms with van der Waals surface area (Å²) in [4.78, 5) is 25.2. The molecule has 0 saturated heterocycles. The molecule has 0 atom stereocenters. The topological polar surface area (TPSA) is 93.8 Å². The van der Waals surface area contributed by atoms with Crippen LogP contribution in [0.2, 0.25) is 5.15 Å². The summed E-state index contributed by atoms with van der Waals surface area (Å²) in [5, 5.41) is 4.01. The molecule has 7 heteroatoms. The summed E-state index contributed by atoms with van der Waals surface area (Å²) in [6.45, 7) is 2.27. The molecule has 0 aliphatic heterocycles. The second-order valence-corrected chi connectivity index (χ2v) is 6.99. The summed E-state index contributed by atoms with van der Waals surface area (Å²) in [6, 6.07) is 18.1. The first kappa shape index (κ1) is 18.8. The molecule has 0 aliphatic carbocycles. The van der Waals surface area contributed by atoms with E-state index in [1.165, 1.54) is 6.20 Å². The number of hydrogen-bond acceptors (Lipinski definition) is 5. The second kappa shape index (κ2) is 7.85. The van der Waals surface area contributed by atoms with Crippen molar-refractivity contribution in [1.82, 2.24) is 20.3 Å². The van der Waals surface area contributed by atoms with Gasteiger partial charge in [0.05, 0.1) is 24.0 Å². The number of nitrogens with two attached hydrogens (primary N) is 1. The molecule has 1 amide bonds. The molecule has 0 aliphatic rings. The van der Waals surface area contributed by atoms with E-state index in [-0.39, 0.29) is 23.2 Å². The molecular weight excluding hydrogens is 386 g/mol. The molecule has 0 bridgehead atoms. The number of carbonyl (C=O) groups excluding carboxylic acids is 1. The highest BCUT2D eigenvalue weighted by Gasteiger charge is 2.16. The van der Waals surface area contributed by atoms with Crippen molar-refractivity contribution in [3.63, 3.8) is 0 Å². The molecule has 144 valence electrons. The minimum Gasteiger partial charge on any atom is -0.382 e. The Kier molecular flexibility index (Phi) is 5.10. The van der Waals surface area contributed by atoms with Crippen molar-refractivity contribution in [2.45, 2.75) is 13.5 Å². The van der Waals surface area contributed by atoms with Gasteiger partial charge in [0.15, 0.2) is 11.5 Å². The van der Waals surface area contributed by atoms with E-state index < -0.39 is 5.91 Å². The van der Waals surface area contributed by atoms with E-state index in [4.69, 9.17) is 22.3 Å². The van der Waals surface area contributed by atoms with Gasteiger partial charge < -0.3 is 11.1 Å². The number of hydrogen-bond donors (Lipinski definition) is 2. The fraction of sp³-hybridized carbons (Fsp3) is 0.0909. The van der Waals surface area contributed by atoms with Crippen LogP contribution in [0.25, 0.3) is 22.0 Å². The number of nitrogens with one attached hydrogen (secondary N) is 1. The number of para-hydroxylation sites is 1. The first-order valence-corrected chi connectivity index (χ1v) is 9.41. The van der Waals surface area contributed by atoms with Crippen LogP contribution < -0.4 is 11.1 Å². The first-order valence-electron chi connectivity index (χ1n) is 9.04. The van der Waals surface area contributed by atoms with Gasteiger partial charge in [-0.15, -0.1) is 0 Å². The number of fused-ring (bicyclic) bond motifs is 1. The van der Waals surface area contributed by atoms with Gasteiger partial charge in [0, 0.05) is 10.9 Å². The average Bonchev–Trinajstić information content (AvgIpc) is 2.72. The molecule has 3 N–H and O–H groups in total. The number of amides is 1. The summed E-state index contributed by atoms with van der Waals surface area (Å²) in [5.74, 6) is -0.446. The van der Waals surface area contributed by atoms with Gasteiger partial charge in [0.1, 0.15) is 5.15 Å². The van der Waals surface area contributed by atoms with Crippen molar-refractivity contribution < 1.29 is 4.79 Å². The van der Waals surface area contributed by atoms with E-state index in [1.807, 2.05) is 36.4 Å². The van der Waals surface area contributed by atoms with Crippen molar-refractivity contribution >= 4 is 34.2 Å². The molecular formula is C22H18ClN5O. The lowest BCUT2D eigenvalue weighted by molar-refractivity contribution is 0.0946. The Bertz CT molecular complexity index is 1220. The van der Waals surface area contributed by atoms with Gasteiger partial charge >= 0.3 is 0 Å². The molecule has 2 aromatic carbocycles. The Labute approximate surface area is 172 Å². The highest BCUT2D eigenvalue weighted by Crippen LogP contribution is 2.29. The van der Waals surface area contributed by atoms with Crippen LogP contribution in [0.1, 0.15) is 21.7 Å². The maximum atomic E-state index is 12.6. The van der Waals surface area contributed by atoms with Gasteiger partial charge in [-0.05, 0) is 30.2 Å². The van der Waals surface area contributed by atoms with Crippen LogP contribution in [0.5, 0.6) is 0 Å². The Morgan fingerprint density at radius 1 is 1.07 bits per heavy atom. The molecule has 4 rings (SSSR count). The minimum absolute atomic E-state index is 0.0133. The van der Waals surface area contributed by atoms with Crippen LogP contribution in [0.3, 0.4) is 0 Å². The number of nitrogens with zero attached hydrogens (tertiary/aromatic N) is 3. The zero-order chi connectivity index (χ0) is 20.4. The summed E-state index contributed by atoms with van der Waals surface area (Å²) in [5.41, 5.74) is 10.6. The molecule has 0 fully saturated rings. The Hall–Kier alpha value is -3.51. The van der Waals surface area contributed by atoms with Gasteiger partial charge in [-0.1, -0.05) is 54.1 Å². The van der Waals surface area contributed by atoms with E-state index in [1.54, 1.807) is 0 Å². The van der Waals surface area contributed by atoms with Gasteiger partial charge in [0.25, 0.3) is 5.91 Å². The maximum absolute atomic E-state index is 12.6. The number of halogens is 1. The predicted octanol–water partition coefficient (Wildman–Crippen LogP) is 4.17. The van der Waals surface area contributed by atoms with Crippen LogP contribution in [0, 0.1) is 6.92 Å². The zero-order valence-electron chi connectivity index (χ0n) is 15.7. The monoisotopic (exact) mass is 403 g/mol. The quantitative estimate of drug-likeness (QED) is 0.533. The van der Waals surface area contributed by atoms with Crippen LogP contribution in [0.15, 0.2) is 60.8 Å². The number of pyridine rings is 1. The normalized spacial score (nSPS) is 10.8. The summed E-state index contributed by atoms with van der Waals surface area (Å²) < 4.78 is 0. The number of rotatable bonds is 4. The molecule has 0 unspecified atom stereocenters. The van der Waals surface area contributed by atoms with E-state index in [0.717, 1.165) is 33.3 Å². The van der Waals surface area contributed by atoms with Crippen molar-refractivity contribution in [1.29, 1.82) is 0 Å². The van der Waals surface area contributed by atoms with E-state index in [0.29, 0.717) is 0 Å². The molecule has 29 heavy (non-hydrogen) atoms. The Morgan fingerprint density at radius 2 is 1.83 bits per heavy atom. The Balaban J connectivity index is 1.71. The molecule has 2 aromatic heterocycles. The van der Waals surface area contributed by atoms with Gasteiger partial charge in [-0.25, -0.2) is 9.97 Å². The van der Waals surface area contributed by atoms with Gasteiger partial charge in [-0.2, -0.15) is 0 Å². The van der Waals surface area contributed by atoms with Crippen molar-refractivity contribution in [2.24, 2.45) is 0 Å². The van der Waals surface area contributed by atoms with Crippen molar-refractivity contribution in [3.8, 4) is 11.1 Å². The predicted molar refractivity (Wildman–Crippen MR) is 115 cm³/mol. The molecule has 4 aromatic rings. The minimum atomic E-state index is -0.433. The molecule has 2 heterocycles. The van der Waals surface area contributed by atoms with Gasteiger partial charge in [0.2, 0.25) is 0 Å². The maximum Gasteiger partial charge on any atom is 0.274 e. The van der Waals surface area contributed by atoms with E-state index >= 15 is 0 Å². The standard InChI is InChI=1S/C22H18ClN5O/c1-13-6-2-4-8-15(13)16-10-14-7-3-5-9-17(14)27-18(16)11-26-22(29)20-21(24)28-19(23)12-25-20/h2-10,12H,11H2,1H3,(H2,24,28)(H,26,29). The third kappa shape index (κ3) is 3.88. The second-order valence-electron chi connectivity index (χ2n) is 6.60. The lowest BCUT2D eigenvalue weighted by atomic mass is 9.97. The summed E-state index contributed by atoms with van der Waals surface area (Å²) >= 11 is 5.76. The first-order chi connectivity index (χ1) is 14.0. The largest absolute Gasteiger partial charge is 0.382 e. The molecule has 0 radical (unpaired) electrons. The van der Waals surface area contributed by atoms with Crippen LogP contribution >= 0.6 is 11.6 Å². The molecule has 0 spiro atoms. The van der Waals surface area contributed by atoms with Crippen molar-refractivity contribution in [3.05, 3.63) is 82.9 Å². The highest BCUT2D eigenvalue weighted by molar-refractivity contribution is 6.29. The smallest absolute Gasteiger partial charge is 0.274 e. The SMILES string of the molecule is Cc1ccccc1-c1cc2ccccc2nc1CNC(=O)c1ncc(Cl)nc1N. The van der Waals surface area contributed by atoms with E-state index in [9.17, 15) is 4.79 Å². The molecule has 0 saturated carbocycles. The lowest BCUT2D eigenvalue weighted by Crippen LogP contribution is -2.26. The summed E-state index contributed by atoms with van der Waals surface area (Å²) in [7, 11) is 0. The van der Waals surface area contributed by atoms with Crippen molar-refractivity contribution in [2.75, 3.05) is 5.73 Å². The zero-order valence-corrected chi connectivity index (χ0v) is 16.4. The number of benzene rings is 2. The fourth-order valence-electron chi connectivity index (χ4n) is 3.20. The highest BCUT2D eigenvalue weighted by atomic mass is 35.5. The fourth-order valence-corrected chi connectivity index (χ4v) is 3.34. The third-order valence-corrected chi connectivity index (χ3v) is 4.82.